The van der Waals surface area contributed by atoms with Crippen molar-refractivity contribution in [2.24, 2.45) is 5.92 Å². The molecule has 2 aliphatic heterocycles. The first-order valence-corrected chi connectivity index (χ1v) is 11.3. The van der Waals surface area contributed by atoms with Crippen LogP contribution in [0.3, 0.4) is 0 Å². The highest BCUT2D eigenvalue weighted by atomic mass is 16.6. The largest absolute Gasteiger partial charge is 0.478 e. The van der Waals surface area contributed by atoms with Gasteiger partial charge in [-0.15, -0.1) is 0 Å². The van der Waals surface area contributed by atoms with Gasteiger partial charge >= 0.3 is 11.9 Å². The highest BCUT2D eigenvalue weighted by molar-refractivity contribution is 5.82. The third-order valence-electron chi connectivity index (χ3n) is 6.53. The van der Waals surface area contributed by atoms with E-state index in [9.17, 15) is 9.59 Å². The number of epoxide rings is 2. The van der Waals surface area contributed by atoms with Gasteiger partial charge in [0.2, 0.25) is 0 Å². The van der Waals surface area contributed by atoms with Crippen molar-refractivity contribution in [2.45, 2.75) is 69.5 Å². The predicted molar refractivity (Wildman–Crippen MR) is 124 cm³/mol. The third kappa shape index (κ3) is 6.31. The molecule has 0 aromatic rings. The number of ether oxygens (including phenoxy) is 4. The second-order valence-corrected chi connectivity index (χ2v) is 9.18. The van der Waals surface area contributed by atoms with Crippen LogP contribution in [-0.2, 0) is 28.5 Å². The van der Waals surface area contributed by atoms with E-state index in [0.717, 1.165) is 18.9 Å². The first kappa shape index (κ1) is 25.1. The number of carbonyl (C=O) groups is 2. The molecule has 1 spiro atoms. The van der Waals surface area contributed by atoms with E-state index in [1.807, 2.05) is 0 Å². The molecule has 0 amide bonds. The molecule has 0 radical (unpaired) electrons. The summed E-state index contributed by atoms with van der Waals surface area (Å²) < 4.78 is 23.8. The minimum absolute atomic E-state index is 0.00928. The summed E-state index contributed by atoms with van der Waals surface area (Å²) >= 11 is 0. The van der Waals surface area contributed by atoms with Gasteiger partial charge in [0.1, 0.15) is 23.4 Å². The van der Waals surface area contributed by atoms with Crippen LogP contribution >= 0.6 is 0 Å². The predicted octanol–water partition coefficient (Wildman–Crippen LogP) is 3.92. The topological polar surface area (TPSA) is 97.9 Å². The molecule has 0 aromatic heterocycles. The van der Waals surface area contributed by atoms with Crippen LogP contribution in [-0.4, -0.2) is 60.3 Å². The molecule has 7 heteroatoms. The van der Waals surface area contributed by atoms with Gasteiger partial charge in [-0.05, 0) is 40.0 Å². The van der Waals surface area contributed by atoms with Crippen molar-refractivity contribution in [3.8, 4) is 0 Å². The molecule has 0 aromatic carbocycles. The van der Waals surface area contributed by atoms with Crippen molar-refractivity contribution in [1.82, 2.24) is 0 Å². The maximum atomic E-state index is 12.4. The number of carboxylic acid groups (broad SMARTS) is 1. The van der Waals surface area contributed by atoms with Crippen molar-refractivity contribution in [2.75, 3.05) is 13.7 Å². The Bertz CT molecular complexity index is 873. The maximum absolute atomic E-state index is 12.4. The summed E-state index contributed by atoms with van der Waals surface area (Å²) in [6.45, 7) is 6.96. The molecule has 0 bridgehead atoms. The van der Waals surface area contributed by atoms with Gasteiger partial charge in [-0.25, -0.2) is 9.59 Å². The Labute approximate surface area is 195 Å². The summed E-state index contributed by atoms with van der Waals surface area (Å²) in [4.78, 5) is 22.8. The van der Waals surface area contributed by atoms with Crippen molar-refractivity contribution < 1.29 is 33.6 Å². The first-order valence-electron chi connectivity index (χ1n) is 11.3. The van der Waals surface area contributed by atoms with Crippen LogP contribution in [0.5, 0.6) is 0 Å². The molecule has 7 nitrogen and oxygen atoms in total. The second-order valence-electron chi connectivity index (χ2n) is 9.18. The molecule has 3 rings (SSSR count). The van der Waals surface area contributed by atoms with Crippen LogP contribution < -0.4 is 0 Å². The minimum atomic E-state index is -1.00. The molecule has 2 saturated heterocycles. The SMILES string of the molecule is CO[C@H]1[C@@H]([C@@]2(C)O[C@@H]2CC=C(C)C)[C@]2(CC[C@H]1OC(=O)/C=C/C=C/C=C/C=C\C(=O)O)CO2. The second kappa shape index (κ2) is 10.6. The molecule has 1 N–H and O–H groups in total. The monoisotopic (exact) mass is 458 g/mol. The molecule has 3 aliphatic rings. The van der Waals surface area contributed by atoms with Gasteiger partial charge in [-0.3, -0.25) is 0 Å². The summed E-state index contributed by atoms with van der Waals surface area (Å²) in [5.74, 6) is -1.45. The lowest BCUT2D eigenvalue weighted by Gasteiger charge is -2.42. The zero-order valence-corrected chi connectivity index (χ0v) is 19.7. The number of aliphatic carboxylic acids is 1. The number of hydrogen-bond donors (Lipinski definition) is 1. The number of allylic oxidation sites excluding steroid dienone is 7. The molecule has 0 unspecified atom stereocenters. The minimum Gasteiger partial charge on any atom is -0.478 e. The van der Waals surface area contributed by atoms with Crippen LogP contribution in [0.25, 0.3) is 0 Å². The number of rotatable bonds is 10. The van der Waals surface area contributed by atoms with Gasteiger partial charge in [0.15, 0.2) is 0 Å². The molecule has 33 heavy (non-hydrogen) atoms. The molecule has 180 valence electrons. The van der Waals surface area contributed by atoms with Crippen LogP contribution in [0.1, 0.15) is 40.0 Å². The summed E-state index contributed by atoms with van der Waals surface area (Å²) in [5.41, 5.74) is 0.642. The van der Waals surface area contributed by atoms with E-state index >= 15 is 0 Å². The highest BCUT2D eigenvalue weighted by Gasteiger charge is 2.72. The summed E-state index contributed by atoms with van der Waals surface area (Å²) in [7, 11) is 1.65. The molecule has 1 aliphatic carbocycles. The fourth-order valence-electron chi connectivity index (χ4n) is 4.79. The molecule has 1 saturated carbocycles. The molecular formula is C26H34O7. The van der Waals surface area contributed by atoms with Gasteiger partial charge in [0.05, 0.1) is 18.6 Å². The smallest absolute Gasteiger partial charge is 0.331 e. The normalized spacial score (nSPS) is 35.6. The van der Waals surface area contributed by atoms with Crippen LogP contribution in [0.2, 0.25) is 0 Å². The van der Waals surface area contributed by atoms with E-state index in [2.05, 4.69) is 26.8 Å². The van der Waals surface area contributed by atoms with Crippen LogP contribution in [0, 0.1) is 5.92 Å². The van der Waals surface area contributed by atoms with Gasteiger partial charge in [0.25, 0.3) is 0 Å². The fraction of sp³-hybridized carbons (Fsp3) is 0.538. The summed E-state index contributed by atoms with van der Waals surface area (Å²) in [6.07, 6.45) is 16.0. The van der Waals surface area contributed by atoms with Crippen molar-refractivity contribution >= 4 is 11.9 Å². The summed E-state index contributed by atoms with van der Waals surface area (Å²) in [5, 5.41) is 8.51. The van der Waals surface area contributed by atoms with Crippen molar-refractivity contribution in [3.63, 3.8) is 0 Å². The number of carboxylic acids is 1. The van der Waals surface area contributed by atoms with E-state index in [0.29, 0.717) is 13.0 Å². The maximum Gasteiger partial charge on any atom is 0.331 e. The number of esters is 1. The Morgan fingerprint density at radius 1 is 1.09 bits per heavy atom. The van der Waals surface area contributed by atoms with Gasteiger partial charge in [-0.2, -0.15) is 0 Å². The van der Waals surface area contributed by atoms with E-state index in [1.54, 1.807) is 37.5 Å². The van der Waals surface area contributed by atoms with Crippen LogP contribution in [0.4, 0.5) is 0 Å². The molecule has 2 heterocycles. The fourth-order valence-corrected chi connectivity index (χ4v) is 4.79. The van der Waals surface area contributed by atoms with Crippen molar-refractivity contribution in [3.05, 3.63) is 60.3 Å². The van der Waals surface area contributed by atoms with Gasteiger partial charge in [-0.1, -0.05) is 48.1 Å². The third-order valence-corrected chi connectivity index (χ3v) is 6.53. The Balaban J connectivity index is 1.59. The molecular weight excluding hydrogens is 424 g/mol. The Morgan fingerprint density at radius 3 is 2.30 bits per heavy atom. The number of methoxy groups -OCH3 is 1. The van der Waals surface area contributed by atoms with Crippen molar-refractivity contribution in [1.29, 1.82) is 0 Å². The zero-order chi connectivity index (χ0) is 24.1. The van der Waals surface area contributed by atoms with E-state index in [1.165, 1.54) is 17.7 Å². The standard InChI is InChI=1S/C26H34O7/c1-18(2)13-14-20-25(3,33-20)24-23(30-4)19(15-16-26(24)17-31-26)32-22(29)12-10-8-6-5-7-9-11-21(27)28/h5-13,19-20,23-24H,14-17H2,1-4H3,(H,27,28)/b7-5+,8-6+,11-9-,12-10+/t19-,20-,23-,24+,25+,26+/m1/s1. The van der Waals surface area contributed by atoms with Gasteiger partial charge < -0.3 is 24.1 Å². The van der Waals surface area contributed by atoms with Gasteiger partial charge in [0, 0.05) is 19.3 Å². The number of hydrogen-bond acceptors (Lipinski definition) is 6. The first-order chi connectivity index (χ1) is 15.7. The Hall–Kier alpha value is -2.48. The zero-order valence-electron chi connectivity index (χ0n) is 19.7. The lowest BCUT2D eigenvalue weighted by Crippen LogP contribution is -2.55. The highest BCUT2D eigenvalue weighted by Crippen LogP contribution is 2.59. The van der Waals surface area contributed by atoms with Crippen LogP contribution in [0.15, 0.2) is 60.3 Å². The lowest BCUT2D eigenvalue weighted by atomic mass is 9.68. The lowest BCUT2D eigenvalue weighted by molar-refractivity contribution is -0.166. The summed E-state index contributed by atoms with van der Waals surface area (Å²) in [6, 6.07) is 0. The Kier molecular flexibility index (Phi) is 8.10. The van der Waals surface area contributed by atoms with E-state index < -0.39 is 11.9 Å². The number of carbonyl (C=O) groups excluding carboxylic acids is 1. The van der Waals surface area contributed by atoms with E-state index in [-0.39, 0.29) is 35.4 Å². The van der Waals surface area contributed by atoms with E-state index in [4.69, 9.17) is 24.1 Å². The average molecular weight is 459 g/mol. The Morgan fingerprint density at radius 2 is 1.73 bits per heavy atom. The molecule has 6 atom stereocenters. The molecule has 3 fully saturated rings. The average Bonchev–Trinajstić information content (AvgIpc) is 3.67. The quantitative estimate of drug-likeness (QED) is 0.174.